The summed E-state index contributed by atoms with van der Waals surface area (Å²) in [5.74, 6) is -9.01. The zero-order valence-electron chi connectivity index (χ0n) is 38.6. The first-order valence-electron chi connectivity index (χ1n) is 22.1. The van der Waals surface area contributed by atoms with Crippen molar-refractivity contribution in [1.29, 1.82) is 5.26 Å². The minimum atomic E-state index is -2.02. The Morgan fingerprint density at radius 1 is 0.814 bits per heavy atom. The summed E-state index contributed by atoms with van der Waals surface area (Å²) in [6, 6.07) is 10.1. The lowest BCUT2D eigenvalue weighted by atomic mass is 9.78. The molecular weight excluding hydrogens is 950 g/mol. The summed E-state index contributed by atoms with van der Waals surface area (Å²) in [6.07, 6.45) is -10.6. The quantitative estimate of drug-likeness (QED) is 0.0401. The van der Waals surface area contributed by atoms with Gasteiger partial charge in [-0.15, -0.1) is 0 Å². The van der Waals surface area contributed by atoms with Gasteiger partial charge in [-0.1, -0.05) is 17.7 Å². The van der Waals surface area contributed by atoms with E-state index in [9.17, 15) is 59.2 Å². The molecule has 2 unspecified atom stereocenters. The third-order valence-corrected chi connectivity index (χ3v) is 10.5. The molecule has 2 heterocycles. The molecule has 23 nitrogen and oxygen atoms in total. The molecule has 4 rings (SSSR count). The maximum absolute atomic E-state index is 13.5. The first-order chi connectivity index (χ1) is 33.5. The fourth-order valence-corrected chi connectivity index (χ4v) is 7.00. The predicted octanol–water partition coefficient (Wildman–Crippen LogP) is 1.60. The number of hydrogen-bond acceptors (Lipinski definition) is 20. The summed E-state index contributed by atoms with van der Waals surface area (Å²) in [5.41, 5.74) is -0.0476. The minimum Gasteiger partial charge on any atom is -0.479 e. The highest BCUT2D eigenvalue weighted by Crippen LogP contribution is 2.46. The van der Waals surface area contributed by atoms with E-state index in [1.54, 1.807) is 0 Å². The van der Waals surface area contributed by atoms with E-state index in [1.807, 2.05) is 6.07 Å². The van der Waals surface area contributed by atoms with Gasteiger partial charge in [0.1, 0.15) is 54.4 Å². The van der Waals surface area contributed by atoms with Gasteiger partial charge in [0.15, 0.2) is 12.0 Å². The number of amides is 2. The molecule has 2 aromatic rings. The largest absolute Gasteiger partial charge is 0.479 e. The van der Waals surface area contributed by atoms with E-state index in [1.165, 1.54) is 57.2 Å². The van der Waals surface area contributed by atoms with Crippen molar-refractivity contribution in [1.82, 2.24) is 5.32 Å². The molecule has 2 aromatic carbocycles. The topological polar surface area (TPSA) is 331 Å². The molecule has 7 atom stereocenters. The van der Waals surface area contributed by atoms with Gasteiger partial charge >= 0.3 is 23.9 Å². The van der Waals surface area contributed by atoms with Crippen LogP contribution in [0.2, 0.25) is 5.02 Å². The number of aliphatic carboxylic acids is 1. The van der Waals surface area contributed by atoms with Crippen LogP contribution in [0.1, 0.15) is 63.5 Å². The smallest absolute Gasteiger partial charge is 0.338 e. The molecule has 2 amide bonds. The summed E-state index contributed by atoms with van der Waals surface area (Å²) in [6.45, 7) is 5.19. The van der Waals surface area contributed by atoms with E-state index >= 15 is 0 Å². The summed E-state index contributed by atoms with van der Waals surface area (Å²) >= 11 is 6.27. The van der Waals surface area contributed by atoms with Crippen LogP contribution in [0.5, 0.6) is 11.5 Å². The van der Waals surface area contributed by atoms with Gasteiger partial charge in [-0.2, -0.15) is 5.26 Å². The number of Topliss-reactive ketones (excluding diaryl/α,β-unsaturated/α-hetero) is 1. The number of nitrogens with zero attached hydrogens (tertiary/aromatic N) is 1. The number of hydrogen-bond donors (Lipinski definition) is 6. The molecule has 2 aliphatic rings. The van der Waals surface area contributed by atoms with Crippen LogP contribution < -0.4 is 20.1 Å². The predicted molar refractivity (Wildman–Crippen MR) is 239 cm³/mol. The highest BCUT2D eigenvalue weighted by molar-refractivity contribution is 6.30. The van der Waals surface area contributed by atoms with Crippen molar-refractivity contribution >= 4 is 58.8 Å². The number of aliphatic hydroxyl groups excluding tert-OH is 3. The number of rotatable bonds is 28. The number of nitriles is 1. The second kappa shape index (κ2) is 28.4. The second-order valence-corrected chi connectivity index (χ2v) is 15.8. The Balaban J connectivity index is 1.46. The summed E-state index contributed by atoms with van der Waals surface area (Å²) in [5, 5.41) is 56.2. The third kappa shape index (κ3) is 16.7. The van der Waals surface area contributed by atoms with E-state index < -0.39 is 91.3 Å². The lowest BCUT2D eigenvalue weighted by molar-refractivity contribution is -0.271. The number of nitrogens with one attached hydrogen (secondary N) is 2. The Hall–Kier alpha value is -6.23. The number of carboxylic acid groups (broad SMARTS) is 1. The van der Waals surface area contributed by atoms with Gasteiger partial charge in [-0.25, -0.2) is 9.59 Å². The van der Waals surface area contributed by atoms with Crippen molar-refractivity contribution in [2.45, 2.75) is 89.7 Å². The van der Waals surface area contributed by atoms with Gasteiger partial charge in [0.2, 0.25) is 18.1 Å². The summed E-state index contributed by atoms with van der Waals surface area (Å²) in [4.78, 5) is 88.4. The molecule has 24 heteroatoms. The second-order valence-electron chi connectivity index (χ2n) is 15.4. The van der Waals surface area contributed by atoms with Gasteiger partial charge in [-0.05, 0) is 56.7 Å². The zero-order chi connectivity index (χ0) is 51.3. The van der Waals surface area contributed by atoms with E-state index in [-0.39, 0.29) is 103 Å². The SMILES string of the molecule is CCOC(=O)C1=C(CC(=O)OCc2ccc(O[C@@H]3O[C@H](C(=O)O)[C@@H](O)[C@H](O)[C@H]3O)c(NC(=O)CCNC(=O)CCOCCOCCOCCC(C)=O)c2)Oc2ccc(Cl)cc2C1C(C#N)C(=O)OCC. The third-order valence-electron chi connectivity index (χ3n) is 10.2. The Morgan fingerprint density at radius 2 is 1.49 bits per heavy atom. The van der Waals surface area contributed by atoms with Crippen molar-refractivity contribution in [2.24, 2.45) is 5.92 Å². The van der Waals surface area contributed by atoms with Gasteiger partial charge in [0, 0.05) is 42.3 Å². The number of carbonyl (C=O) groups excluding carboxylic acids is 6. The highest BCUT2D eigenvalue weighted by Gasteiger charge is 2.48. The number of esters is 3. The zero-order valence-corrected chi connectivity index (χ0v) is 39.3. The van der Waals surface area contributed by atoms with E-state index in [2.05, 4.69) is 10.6 Å². The van der Waals surface area contributed by atoms with Gasteiger partial charge < -0.3 is 73.7 Å². The minimum absolute atomic E-state index is 0.0274. The number of benzene rings is 2. The molecule has 6 N–H and O–H groups in total. The Labute approximate surface area is 406 Å². The van der Waals surface area contributed by atoms with Crippen molar-refractivity contribution in [3.8, 4) is 17.6 Å². The average Bonchev–Trinajstić information content (AvgIpc) is 3.31. The summed E-state index contributed by atoms with van der Waals surface area (Å²) in [7, 11) is 0. The first-order valence-corrected chi connectivity index (χ1v) is 22.5. The normalized spacial score (nSPS) is 19.9. The van der Waals surface area contributed by atoms with Crippen LogP contribution in [-0.4, -0.2) is 152 Å². The molecule has 1 fully saturated rings. The van der Waals surface area contributed by atoms with Gasteiger partial charge in [0.25, 0.3) is 0 Å². The number of anilines is 1. The van der Waals surface area contributed by atoms with Crippen LogP contribution in [0, 0.1) is 17.2 Å². The van der Waals surface area contributed by atoms with Crippen LogP contribution in [0.3, 0.4) is 0 Å². The molecule has 0 spiro atoms. The molecule has 0 aromatic heterocycles. The van der Waals surface area contributed by atoms with Gasteiger partial charge in [0.05, 0.1) is 70.2 Å². The highest BCUT2D eigenvalue weighted by atomic mass is 35.5. The van der Waals surface area contributed by atoms with Crippen molar-refractivity contribution in [3.63, 3.8) is 0 Å². The number of fused-ring (bicyclic) bond motifs is 1. The molecule has 382 valence electrons. The van der Waals surface area contributed by atoms with Crippen molar-refractivity contribution in [2.75, 3.05) is 64.7 Å². The van der Waals surface area contributed by atoms with Crippen LogP contribution in [0.25, 0.3) is 0 Å². The number of halogens is 1. The number of aliphatic hydroxyl groups is 3. The maximum atomic E-state index is 13.5. The Morgan fingerprint density at radius 3 is 2.13 bits per heavy atom. The molecule has 0 saturated carbocycles. The standard InChI is InChI=1S/C46H56ClN3O20/c1-4-65-44(60)29(23-48)37-28-21-27(47)7-9-31(28)68-33(38(37)45(61)66-5-2)22-36(54)67-24-26-6-8-32(69-46-41(57)39(55)40(56)42(70-46)43(58)59)30(20-26)50-35(53)10-13-49-34(52)12-15-63-17-19-64-18-16-62-14-11-25(3)51/h6-9,20-21,29,37,39-42,46,55-57H,4-5,10-19,22,24H2,1-3H3,(H,49,52)(H,50,53)(H,58,59)/t29?,37?,39-,40-,41+,42-,46+/m0/s1. The number of carbonyl (C=O) groups is 7. The van der Waals surface area contributed by atoms with E-state index in [4.69, 9.17) is 54.2 Å². The lowest BCUT2D eigenvalue weighted by Gasteiger charge is -2.38. The lowest BCUT2D eigenvalue weighted by Crippen LogP contribution is -2.61. The van der Waals surface area contributed by atoms with E-state index in [0.717, 1.165) is 0 Å². The van der Waals surface area contributed by atoms with Crippen molar-refractivity contribution in [3.05, 3.63) is 63.9 Å². The van der Waals surface area contributed by atoms with Crippen LogP contribution in [0.15, 0.2) is 47.7 Å². The van der Waals surface area contributed by atoms with Crippen LogP contribution in [0.4, 0.5) is 5.69 Å². The van der Waals surface area contributed by atoms with E-state index in [0.29, 0.717) is 26.2 Å². The maximum Gasteiger partial charge on any atom is 0.338 e. The Bertz CT molecular complexity index is 2250. The number of carboxylic acids is 1. The molecule has 70 heavy (non-hydrogen) atoms. The molecule has 1 saturated heterocycles. The molecule has 0 radical (unpaired) electrons. The molecule has 2 aliphatic heterocycles. The number of ketones is 1. The Kier molecular flexibility index (Phi) is 22.9. The molecule has 0 aliphatic carbocycles. The monoisotopic (exact) mass is 1010 g/mol. The van der Waals surface area contributed by atoms with Crippen molar-refractivity contribution < 1.29 is 96.6 Å². The van der Waals surface area contributed by atoms with Crippen LogP contribution in [-0.2, 0) is 73.3 Å². The molecule has 0 bridgehead atoms. The van der Waals surface area contributed by atoms with Gasteiger partial charge in [-0.3, -0.25) is 24.0 Å². The first kappa shape index (κ1) is 56.4. The number of ether oxygens (including phenoxy) is 9. The fourth-order valence-electron chi connectivity index (χ4n) is 6.82. The average molecular weight is 1010 g/mol. The fraction of sp³-hybridized carbons (Fsp3) is 0.522. The van der Waals surface area contributed by atoms with Crippen LogP contribution >= 0.6 is 11.6 Å². The molecular formula is C46H56ClN3O20. The summed E-state index contributed by atoms with van der Waals surface area (Å²) < 4.78 is 48.9.